The van der Waals surface area contributed by atoms with E-state index in [0.717, 1.165) is 31.0 Å². The lowest BCUT2D eigenvalue weighted by Gasteiger charge is -2.35. The van der Waals surface area contributed by atoms with Gasteiger partial charge in [-0.2, -0.15) is 0 Å². The van der Waals surface area contributed by atoms with E-state index in [1.54, 1.807) is 0 Å². The van der Waals surface area contributed by atoms with Crippen molar-refractivity contribution in [3.05, 3.63) is 34.3 Å². The van der Waals surface area contributed by atoms with E-state index in [1.165, 1.54) is 11.1 Å². The minimum Gasteiger partial charge on any atom is -0.374 e. The van der Waals surface area contributed by atoms with Gasteiger partial charge in [0.25, 0.3) is 0 Å². The fourth-order valence-corrected chi connectivity index (χ4v) is 2.70. The highest BCUT2D eigenvalue weighted by atomic mass is 35.5. The maximum absolute atomic E-state index is 6.37. The van der Waals surface area contributed by atoms with Crippen LogP contribution >= 0.6 is 11.6 Å². The molecule has 114 valence electrons. The second-order valence-corrected chi connectivity index (χ2v) is 6.25. The first-order valence-corrected chi connectivity index (χ1v) is 7.90. The molecule has 1 atom stereocenters. The van der Waals surface area contributed by atoms with Gasteiger partial charge in [-0.1, -0.05) is 30.7 Å². The van der Waals surface area contributed by atoms with Gasteiger partial charge in [-0.3, -0.25) is 0 Å². The molecule has 0 heterocycles. The fraction of sp³-hybridized carbons (Fsp3) is 0.647. The van der Waals surface area contributed by atoms with Crippen molar-refractivity contribution < 1.29 is 4.74 Å². The maximum Gasteiger partial charge on any atom is 0.0781 e. The zero-order valence-electron chi connectivity index (χ0n) is 13.4. The van der Waals surface area contributed by atoms with Crippen LogP contribution in [-0.2, 0) is 11.2 Å². The summed E-state index contributed by atoms with van der Waals surface area (Å²) in [4.78, 5) is 0. The summed E-state index contributed by atoms with van der Waals surface area (Å²) in [6, 6.07) is 6.52. The van der Waals surface area contributed by atoms with Crippen molar-refractivity contribution in [3.8, 4) is 0 Å². The lowest BCUT2D eigenvalue weighted by atomic mass is 9.91. The summed E-state index contributed by atoms with van der Waals surface area (Å²) < 4.78 is 5.92. The molecule has 0 fully saturated rings. The van der Waals surface area contributed by atoms with E-state index in [2.05, 4.69) is 45.1 Å². The third-order valence-electron chi connectivity index (χ3n) is 3.63. The van der Waals surface area contributed by atoms with Gasteiger partial charge >= 0.3 is 0 Å². The van der Waals surface area contributed by atoms with Crippen molar-refractivity contribution >= 4 is 11.6 Å². The van der Waals surface area contributed by atoms with E-state index >= 15 is 0 Å². The van der Waals surface area contributed by atoms with E-state index in [9.17, 15) is 0 Å². The molecule has 0 spiro atoms. The van der Waals surface area contributed by atoms with Crippen LogP contribution < -0.4 is 5.32 Å². The lowest BCUT2D eigenvalue weighted by Crippen LogP contribution is -2.50. The Hall–Kier alpha value is -0.570. The van der Waals surface area contributed by atoms with E-state index in [-0.39, 0.29) is 11.6 Å². The van der Waals surface area contributed by atoms with Gasteiger partial charge in [0.2, 0.25) is 0 Å². The minimum atomic E-state index is -0.210. The first-order chi connectivity index (χ1) is 9.40. The van der Waals surface area contributed by atoms with E-state index in [0.29, 0.717) is 0 Å². The van der Waals surface area contributed by atoms with Gasteiger partial charge in [-0.05, 0) is 64.3 Å². The summed E-state index contributed by atoms with van der Waals surface area (Å²) in [7, 11) is 0. The highest BCUT2D eigenvalue weighted by molar-refractivity contribution is 6.31. The van der Waals surface area contributed by atoms with Gasteiger partial charge in [0.05, 0.1) is 5.60 Å². The molecule has 2 nitrogen and oxygen atoms in total. The Morgan fingerprint density at radius 2 is 2.00 bits per heavy atom. The molecule has 1 aromatic rings. The SMILES string of the molecule is CCCNC(Cc1ccc(C)cc1Cl)C(C)(C)OCC. The standard InChI is InChI=1S/C17H28ClNO/c1-6-10-19-16(17(4,5)20-7-2)12-14-9-8-13(3)11-15(14)18/h8-9,11,16,19H,6-7,10,12H2,1-5H3. The minimum absolute atomic E-state index is 0.210. The molecule has 20 heavy (non-hydrogen) atoms. The smallest absolute Gasteiger partial charge is 0.0781 e. The monoisotopic (exact) mass is 297 g/mol. The Labute approximate surface area is 128 Å². The van der Waals surface area contributed by atoms with E-state index in [1.807, 2.05) is 13.0 Å². The van der Waals surface area contributed by atoms with Crippen molar-refractivity contribution in [2.75, 3.05) is 13.2 Å². The second kappa shape index (κ2) is 8.02. The van der Waals surface area contributed by atoms with E-state index in [4.69, 9.17) is 16.3 Å². The van der Waals surface area contributed by atoms with Crippen LogP contribution in [0.5, 0.6) is 0 Å². The molecule has 0 bridgehead atoms. The van der Waals surface area contributed by atoms with Crippen molar-refractivity contribution in [2.24, 2.45) is 0 Å². The molecule has 3 heteroatoms. The molecule has 1 rings (SSSR count). The van der Waals surface area contributed by atoms with Crippen molar-refractivity contribution in [1.29, 1.82) is 0 Å². The van der Waals surface area contributed by atoms with Crippen LogP contribution in [0.3, 0.4) is 0 Å². The zero-order chi connectivity index (χ0) is 15.2. The van der Waals surface area contributed by atoms with Gasteiger partial charge in [0.15, 0.2) is 0 Å². The van der Waals surface area contributed by atoms with Crippen molar-refractivity contribution in [2.45, 2.75) is 59.1 Å². The largest absolute Gasteiger partial charge is 0.374 e. The number of hydrogen-bond acceptors (Lipinski definition) is 2. The van der Waals surface area contributed by atoms with E-state index < -0.39 is 0 Å². The average Bonchev–Trinajstić information content (AvgIpc) is 2.36. The van der Waals surface area contributed by atoms with Crippen LogP contribution in [0.25, 0.3) is 0 Å². The topological polar surface area (TPSA) is 21.3 Å². The maximum atomic E-state index is 6.37. The zero-order valence-corrected chi connectivity index (χ0v) is 14.2. The third kappa shape index (κ3) is 5.08. The summed E-state index contributed by atoms with van der Waals surface area (Å²) in [5, 5.41) is 4.45. The number of aryl methyl sites for hydroxylation is 1. The molecule has 0 aliphatic rings. The van der Waals surface area contributed by atoms with Gasteiger partial charge in [-0.15, -0.1) is 0 Å². The van der Waals surface area contributed by atoms with Crippen LogP contribution in [0.1, 0.15) is 45.2 Å². The Balaban J connectivity index is 2.88. The highest BCUT2D eigenvalue weighted by Gasteiger charge is 2.30. The quantitative estimate of drug-likeness (QED) is 0.769. The van der Waals surface area contributed by atoms with Crippen LogP contribution in [0.2, 0.25) is 5.02 Å². The van der Waals surface area contributed by atoms with Gasteiger partial charge in [-0.25, -0.2) is 0 Å². The first-order valence-electron chi connectivity index (χ1n) is 7.53. The molecule has 0 saturated heterocycles. The Morgan fingerprint density at radius 1 is 1.30 bits per heavy atom. The van der Waals surface area contributed by atoms with Crippen LogP contribution in [0.15, 0.2) is 18.2 Å². The summed E-state index contributed by atoms with van der Waals surface area (Å²) in [6.07, 6.45) is 1.99. The molecule has 0 amide bonds. The number of ether oxygens (including phenoxy) is 1. The van der Waals surface area contributed by atoms with Crippen LogP contribution in [0.4, 0.5) is 0 Å². The van der Waals surface area contributed by atoms with Gasteiger partial charge < -0.3 is 10.1 Å². The molecule has 0 saturated carbocycles. The highest BCUT2D eigenvalue weighted by Crippen LogP contribution is 2.24. The number of nitrogens with one attached hydrogen (secondary N) is 1. The second-order valence-electron chi connectivity index (χ2n) is 5.84. The molecule has 0 aliphatic carbocycles. The molecule has 1 aromatic carbocycles. The first kappa shape index (κ1) is 17.5. The molecule has 1 unspecified atom stereocenters. The Bertz CT molecular complexity index is 417. The molecule has 0 aromatic heterocycles. The summed E-state index contributed by atoms with van der Waals surface area (Å²) in [5.74, 6) is 0. The number of rotatable bonds is 8. The predicted octanol–water partition coefficient (Wildman–Crippen LogP) is 4.37. The number of benzene rings is 1. The van der Waals surface area contributed by atoms with Crippen LogP contribution in [0, 0.1) is 6.92 Å². The molecule has 0 aliphatic heterocycles. The molecular formula is C17H28ClNO. The van der Waals surface area contributed by atoms with Crippen molar-refractivity contribution in [3.63, 3.8) is 0 Å². The summed E-state index contributed by atoms with van der Waals surface area (Å²) in [6.45, 7) is 12.3. The van der Waals surface area contributed by atoms with Crippen molar-refractivity contribution in [1.82, 2.24) is 5.32 Å². The molecule has 0 radical (unpaired) electrons. The Morgan fingerprint density at radius 3 is 2.55 bits per heavy atom. The van der Waals surface area contributed by atoms with Crippen LogP contribution in [-0.4, -0.2) is 24.8 Å². The predicted molar refractivity (Wildman–Crippen MR) is 87.7 cm³/mol. The summed E-state index contributed by atoms with van der Waals surface area (Å²) >= 11 is 6.37. The fourth-order valence-electron chi connectivity index (χ4n) is 2.39. The number of hydrogen-bond donors (Lipinski definition) is 1. The molecular weight excluding hydrogens is 270 g/mol. The molecule has 1 N–H and O–H groups in total. The third-order valence-corrected chi connectivity index (χ3v) is 3.98. The van der Waals surface area contributed by atoms with Gasteiger partial charge in [0, 0.05) is 17.7 Å². The lowest BCUT2D eigenvalue weighted by molar-refractivity contribution is -0.0379. The van der Waals surface area contributed by atoms with Gasteiger partial charge in [0.1, 0.15) is 0 Å². The normalized spacial score (nSPS) is 13.5. The Kier molecular flexibility index (Phi) is 7.01. The number of halogens is 1. The summed E-state index contributed by atoms with van der Waals surface area (Å²) in [5.41, 5.74) is 2.16. The average molecular weight is 298 g/mol.